The summed E-state index contributed by atoms with van der Waals surface area (Å²) in [4.78, 5) is 25.5. The molecule has 172 valence electrons. The third kappa shape index (κ3) is 5.00. The first-order valence-electron chi connectivity index (χ1n) is 11.6. The van der Waals surface area contributed by atoms with Crippen LogP contribution in [-0.4, -0.2) is 41.8 Å². The molecule has 3 aliphatic rings. The van der Waals surface area contributed by atoms with Crippen molar-refractivity contribution in [1.29, 1.82) is 0 Å². The highest BCUT2D eigenvalue weighted by atomic mass is 16.6. The summed E-state index contributed by atoms with van der Waals surface area (Å²) in [5.41, 5.74) is -0.215. The van der Waals surface area contributed by atoms with Crippen LogP contribution in [0.2, 0.25) is 0 Å². The van der Waals surface area contributed by atoms with Crippen molar-refractivity contribution in [3.05, 3.63) is 35.9 Å². The summed E-state index contributed by atoms with van der Waals surface area (Å²) in [6, 6.07) is 9.58. The van der Waals surface area contributed by atoms with Crippen LogP contribution in [0.1, 0.15) is 58.4 Å². The Morgan fingerprint density at radius 3 is 2.78 bits per heavy atom. The maximum Gasteiger partial charge on any atom is 0.326 e. The lowest BCUT2D eigenvalue weighted by Crippen LogP contribution is -2.50. The molecule has 6 heteroatoms. The molecule has 0 amide bonds. The lowest BCUT2D eigenvalue weighted by Gasteiger charge is -2.27. The zero-order valence-corrected chi connectivity index (χ0v) is 19.2. The number of epoxide rings is 1. The first-order chi connectivity index (χ1) is 15.3. The second-order valence-corrected chi connectivity index (χ2v) is 9.84. The largest absolute Gasteiger partial charge is 0.459 e. The van der Waals surface area contributed by atoms with Gasteiger partial charge in [-0.2, -0.15) is 0 Å². The average Bonchev–Trinajstić information content (AvgIpc) is 3.34. The van der Waals surface area contributed by atoms with Gasteiger partial charge in [0.1, 0.15) is 24.4 Å². The van der Waals surface area contributed by atoms with Gasteiger partial charge in [0.15, 0.2) is 0 Å². The third-order valence-corrected chi connectivity index (χ3v) is 6.92. The van der Waals surface area contributed by atoms with E-state index >= 15 is 0 Å². The summed E-state index contributed by atoms with van der Waals surface area (Å²) < 4.78 is 17.4. The van der Waals surface area contributed by atoms with Gasteiger partial charge in [-0.3, -0.25) is 9.59 Å². The van der Waals surface area contributed by atoms with Crippen molar-refractivity contribution in [3.63, 3.8) is 0 Å². The van der Waals surface area contributed by atoms with Crippen LogP contribution in [0.15, 0.2) is 30.3 Å². The number of fused-ring (bicyclic) bond motifs is 3. The SMILES string of the molecule is CC(C)(NC[C@@H]1C(=O)O[C@H]2[C@H]1CCC#CCCC[C@@]1(C)O[C@@H]21)C(=O)OCc1ccccc1. The minimum atomic E-state index is -0.926. The summed E-state index contributed by atoms with van der Waals surface area (Å²) in [6.07, 6.45) is 4.03. The number of hydrogen-bond acceptors (Lipinski definition) is 6. The standard InChI is InChI=1S/C26H33NO5/c1-25(2,24(29)30-17-18-12-8-7-9-13-18)27-16-20-19-14-10-5-4-6-11-15-26(3)22(32-26)21(19)31-23(20)28/h7-9,12-13,19-22,27H,6,10-11,14-17H2,1-3H3/t19-,20-,21-,22-,26+/m0/s1. The second-order valence-electron chi connectivity index (χ2n) is 9.84. The topological polar surface area (TPSA) is 77.2 Å². The molecule has 0 aromatic heterocycles. The molecule has 0 spiro atoms. The fraction of sp³-hybridized carbons (Fsp3) is 0.615. The maximum absolute atomic E-state index is 12.8. The van der Waals surface area contributed by atoms with Crippen molar-refractivity contribution in [2.75, 3.05) is 6.54 Å². The molecular weight excluding hydrogens is 406 g/mol. The molecule has 1 aromatic carbocycles. The van der Waals surface area contributed by atoms with Gasteiger partial charge in [0.2, 0.25) is 0 Å². The molecule has 1 aromatic rings. The molecule has 0 unspecified atom stereocenters. The van der Waals surface area contributed by atoms with Crippen LogP contribution >= 0.6 is 0 Å². The van der Waals surface area contributed by atoms with Crippen molar-refractivity contribution >= 4 is 11.9 Å². The van der Waals surface area contributed by atoms with E-state index in [4.69, 9.17) is 14.2 Å². The molecule has 4 rings (SSSR count). The minimum absolute atomic E-state index is 0.0189. The highest BCUT2D eigenvalue weighted by molar-refractivity contribution is 5.80. The molecule has 2 fully saturated rings. The molecule has 32 heavy (non-hydrogen) atoms. The fourth-order valence-corrected chi connectivity index (χ4v) is 4.76. The molecule has 0 radical (unpaired) electrons. The third-order valence-electron chi connectivity index (χ3n) is 6.92. The molecule has 6 nitrogen and oxygen atoms in total. The van der Waals surface area contributed by atoms with E-state index in [1.807, 2.05) is 30.3 Å². The summed E-state index contributed by atoms with van der Waals surface area (Å²) in [6.45, 7) is 6.23. The number of carbonyl (C=O) groups is 2. The predicted molar refractivity (Wildman–Crippen MR) is 119 cm³/mol. The Bertz CT molecular complexity index is 902. The summed E-state index contributed by atoms with van der Waals surface area (Å²) in [5, 5.41) is 3.26. The van der Waals surface area contributed by atoms with Crippen molar-refractivity contribution in [2.24, 2.45) is 11.8 Å². The van der Waals surface area contributed by atoms with E-state index in [9.17, 15) is 9.59 Å². The van der Waals surface area contributed by atoms with E-state index in [1.165, 1.54) is 0 Å². The molecule has 1 N–H and O–H groups in total. The molecule has 0 bridgehead atoms. The van der Waals surface area contributed by atoms with Crippen LogP contribution in [0.25, 0.3) is 0 Å². The lowest BCUT2D eigenvalue weighted by molar-refractivity contribution is -0.152. The maximum atomic E-state index is 12.8. The van der Waals surface area contributed by atoms with Crippen LogP contribution in [0, 0.1) is 23.7 Å². The van der Waals surface area contributed by atoms with Crippen molar-refractivity contribution in [1.82, 2.24) is 5.32 Å². The Kier molecular flexibility index (Phi) is 6.60. The number of hydrogen-bond donors (Lipinski definition) is 1. The van der Waals surface area contributed by atoms with Crippen LogP contribution in [0.4, 0.5) is 0 Å². The van der Waals surface area contributed by atoms with E-state index in [1.54, 1.807) is 13.8 Å². The Balaban J connectivity index is 1.38. The Morgan fingerprint density at radius 1 is 1.25 bits per heavy atom. The zero-order valence-electron chi connectivity index (χ0n) is 19.2. The Hall–Kier alpha value is -2.36. The predicted octanol–water partition coefficient (Wildman–Crippen LogP) is 3.38. The van der Waals surface area contributed by atoms with Gasteiger partial charge in [-0.25, -0.2) is 0 Å². The first kappa shape index (κ1) is 22.8. The number of rotatable bonds is 6. The lowest BCUT2D eigenvalue weighted by atomic mass is 9.82. The first-order valence-corrected chi connectivity index (χ1v) is 11.6. The number of nitrogens with one attached hydrogen (secondary N) is 1. The van der Waals surface area contributed by atoms with E-state index in [0.29, 0.717) is 6.54 Å². The quantitative estimate of drug-likeness (QED) is 0.416. The van der Waals surface area contributed by atoms with Gasteiger partial charge in [-0.15, -0.1) is 11.8 Å². The Morgan fingerprint density at radius 2 is 2.00 bits per heavy atom. The van der Waals surface area contributed by atoms with E-state index < -0.39 is 5.54 Å². The second kappa shape index (κ2) is 9.25. The highest BCUT2D eigenvalue weighted by Crippen LogP contribution is 2.49. The molecule has 5 atom stereocenters. The van der Waals surface area contributed by atoms with Crippen molar-refractivity contribution in [2.45, 2.75) is 82.8 Å². The number of carbonyl (C=O) groups excluding carboxylic acids is 2. The van der Waals surface area contributed by atoms with E-state index in [2.05, 4.69) is 24.1 Å². The average molecular weight is 440 g/mol. The van der Waals surface area contributed by atoms with Crippen LogP contribution in [0.3, 0.4) is 0 Å². The van der Waals surface area contributed by atoms with Gasteiger partial charge < -0.3 is 19.5 Å². The zero-order chi connectivity index (χ0) is 22.8. The summed E-state index contributed by atoms with van der Waals surface area (Å²) in [5.74, 6) is 5.59. The van der Waals surface area contributed by atoms with E-state index in [-0.39, 0.29) is 48.2 Å². The molecule has 2 aliphatic heterocycles. The van der Waals surface area contributed by atoms with Gasteiger partial charge in [-0.05, 0) is 45.6 Å². The number of benzene rings is 1. The van der Waals surface area contributed by atoms with Crippen molar-refractivity contribution in [3.8, 4) is 11.8 Å². The molecule has 2 saturated heterocycles. The van der Waals surface area contributed by atoms with Gasteiger partial charge in [-0.1, -0.05) is 30.3 Å². The monoisotopic (exact) mass is 439 g/mol. The summed E-state index contributed by atoms with van der Waals surface area (Å²) >= 11 is 0. The van der Waals surface area contributed by atoms with Gasteiger partial charge in [0.05, 0.1) is 11.5 Å². The molecular formula is C26H33NO5. The van der Waals surface area contributed by atoms with Crippen molar-refractivity contribution < 1.29 is 23.8 Å². The van der Waals surface area contributed by atoms with Gasteiger partial charge in [0.25, 0.3) is 0 Å². The normalized spacial score (nSPS) is 31.8. The fourth-order valence-electron chi connectivity index (χ4n) is 4.76. The number of esters is 2. The van der Waals surface area contributed by atoms with Crippen LogP contribution < -0.4 is 5.32 Å². The summed E-state index contributed by atoms with van der Waals surface area (Å²) in [7, 11) is 0. The van der Waals surface area contributed by atoms with Gasteiger partial charge in [0, 0.05) is 25.3 Å². The minimum Gasteiger partial charge on any atom is -0.459 e. The van der Waals surface area contributed by atoms with Crippen LogP contribution in [-0.2, 0) is 30.4 Å². The molecule has 0 saturated carbocycles. The van der Waals surface area contributed by atoms with Gasteiger partial charge >= 0.3 is 11.9 Å². The number of ether oxygens (including phenoxy) is 3. The molecule has 2 heterocycles. The smallest absolute Gasteiger partial charge is 0.326 e. The van der Waals surface area contributed by atoms with Crippen LogP contribution in [0.5, 0.6) is 0 Å². The Labute approximate surface area is 190 Å². The highest BCUT2D eigenvalue weighted by Gasteiger charge is 2.62. The van der Waals surface area contributed by atoms with E-state index in [0.717, 1.165) is 37.7 Å². The molecule has 1 aliphatic carbocycles.